The molecule has 1 heterocycles. The SMILES string of the molecule is COCCNCC(=O)N1CCN(C)Cc2ccccc21. The van der Waals surface area contributed by atoms with Crippen molar-refractivity contribution in [3.8, 4) is 0 Å². The number of rotatable bonds is 5. The molecule has 0 unspecified atom stereocenters. The Kier molecular flexibility index (Phi) is 5.52. The highest BCUT2D eigenvalue weighted by atomic mass is 16.5. The lowest BCUT2D eigenvalue weighted by Gasteiger charge is -2.22. The zero-order valence-electron chi connectivity index (χ0n) is 12.3. The van der Waals surface area contributed by atoms with E-state index in [2.05, 4.69) is 23.3 Å². The molecule has 0 spiro atoms. The van der Waals surface area contributed by atoms with Crippen molar-refractivity contribution in [2.24, 2.45) is 0 Å². The van der Waals surface area contributed by atoms with Gasteiger partial charge in [-0.2, -0.15) is 0 Å². The van der Waals surface area contributed by atoms with Crippen LogP contribution in [0.25, 0.3) is 0 Å². The van der Waals surface area contributed by atoms with Gasteiger partial charge in [0.15, 0.2) is 0 Å². The number of hydrogen-bond acceptors (Lipinski definition) is 4. The van der Waals surface area contributed by atoms with Gasteiger partial charge in [0.2, 0.25) is 5.91 Å². The molecule has 0 saturated heterocycles. The van der Waals surface area contributed by atoms with Gasteiger partial charge in [-0.1, -0.05) is 18.2 Å². The molecule has 5 heteroatoms. The first-order chi connectivity index (χ1) is 9.72. The Morgan fingerprint density at radius 1 is 1.35 bits per heavy atom. The molecule has 0 aliphatic carbocycles. The van der Waals surface area contributed by atoms with Crippen molar-refractivity contribution in [3.05, 3.63) is 29.8 Å². The molecule has 0 bridgehead atoms. The van der Waals surface area contributed by atoms with E-state index in [1.807, 2.05) is 23.1 Å². The lowest BCUT2D eigenvalue weighted by atomic mass is 10.1. The molecule has 20 heavy (non-hydrogen) atoms. The summed E-state index contributed by atoms with van der Waals surface area (Å²) < 4.78 is 4.97. The highest BCUT2D eigenvalue weighted by Crippen LogP contribution is 2.24. The summed E-state index contributed by atoms with van der Waals surface area (Å²) in [7, 11) is 3.74. The van der Waals surface area contributed by atoms with Gasteiger partial charge in [-0.05, 0) is 18.7 Å². The van der Waals surface area contributed by atoms with Crippen molar-refractivity contribution in [3.63, 3.8) is 0 Å². The average molecular weight is 277 g/mol. The molecule has 1 aliphatic heterocycles. The first kappa shape index (κ1) is 15.0. The molecular weight excluding hydrogens is 254 g/mol. The van der Waals surface area contributed by atoms with Crippen molar-refractivity contribution in [1.29, 1.82) is 0 Å². The summed E-state index contributed by atoms with van der Waals surface area (Å²) in [6.07, 6.45) is 0. The highest BCUT2D eigenvalue weighted by Gasteiger charge is 2.22. The first-order valence-corrected chi connectivity index (χ1v) is 6.99. The van der Waals surface area contributed by atoms with Crippen LogP contribution in [0, 0.1) is 0 Å². The number of carbonyl (C=O) groups is 1. The standard InChI is InChI=1S/C15H23N3O2/c1-17-8-9-18(15(19)11-16-7-10-20-2)14-6-4-3-5-13(14)12-17/h3-6,16H,7-12H2,1-2H3. The van der Waals surface area contributed by atoms with E-state index in [0.29, 0.717) is 19.7 Å². The molecule has 0 fully saturated rings. The fourth-order valence-corrected chi connectivity index (χ4v) is 2.39. The molecule has 0 aromatic heterocycles. The zero-order chi connectivity index (χ0) is 14.4. The third-order valence-electron chi connectivity index (χ3n) is 3.49. The number of carbonyl (C=O) groups excluding carboxylic acids is 1. The van der Waals surface area contributed by atoms with Gasteiger partial charge in [-0.3, -0.25) is 4.79 Å². The van der Waals surface area contributed by atoms with Gasteiger partial charge in [-0.25, -0.2) is 0 Å². The molecule has 110 valence electrons. The lowest BCUT2D eigenvalue weighted by Crippen LogP contribution is -2.41. The van der Waals surface area contributed by atoms with Gasteiger partial charge in [0.25, 0.3) is 0 Å². The number of hydrogen-bond donors (Lipinski definition) is 1. The number of ether oxygens (including phenoxy) is 1. The quantitative estimate of drug-likeness (QED) is 0.805. The number of likely N-dealkylation sites (N-methyl/N-ethyl adjacent to an activating group) is 1. The summed E-state index contributed by atoms with van der Waals surface area (Å²) in [5.74, 6) is 0.115. The second-order valence-electron chi connectivity index (χ2n) is 5.08. The van der Waals surface area contributed by atoms with E-state index >= 15 is 0 Å². The lowest BCUT2D eigenvalue weighted by molar-refractivity contribution is -0.117. The number of amides is 1. The van der Waals surface area contributed by atoms with Crippen molar-refractivity contribution < 1.29 is 9.53 Å². The topological polar surface area (TPSA) is 44.8 Å². The molecule has 2 rings (SSSR count). The summed E-state index contributed by atoms with van der Waals surface area (Å²) >= 11 is 0. The average Bonchev–Trinajstić information content (AvgIpc) is 2.61. The van der Waals surface area contributed by atoms with Crippen LogP contribution in [0.5, 0.6) is 0 Å². The van der Waals surface area contributed by atoms with Crippen LogP contribution in [0.1, 0.15) is 5.56 Å². The van der Waals surface area contributed by atoms with Crippen LogP contribution in [-0.2, 0) is 16.1 Å². The minimum Gasteiger partial charge on any atom is -0.383 e. The summed E-state index contributed by atoms with van der Waals surface area (Å²) in [6.45, 7) is 4.17. The minimum absolute atomic E-state index is 0.115. The highest BCUT2D eigenvalue weighted by molar-refractivity contribution is 5.95. The maximum absolute atomic E-state index is 12.4. The summed E-state index contributed by atoms with van der Waals surface area (Å²) in [5, 5.41) is 3.12. The molecule has 1 aromatic carbocycles. The predicted molar refractivity (Wildman–Crippen MR) is 79.9 cm³/mol. The fourth-order valence-electron chi connectivity index (χ4n) is 2.39. The Bertz CT molecular complexity index is 450. The van der Waals surface area contributed by atoms with Crippen LogP contribution in [0.15, 0.2) is 24.3 Å². The van der Waals surface area contributed by atoms with E-state index in [0.717, 1.165) is 25.3 Å². The minimum atomic E-state index is 0.115. The molecule has 0 atom stereocenters. The number of fused-ring (bicyclic) bond motifs is 1. The monoisotopic (exact) mass is 277 g/mol. The number of methoxy groups -OCH3 is 1. The van der Waals surface area contributed by atoms with Gasteiger partial charge in [-0.15, -0.1) is 0 Å². The van der Waals surface area contributed by atoms with Crippen molar-refractivity contribution in [2.45, 2.75) is 6.54 Å². The number of para-hydroxylation sites is 1. The molecular formula is C15H23N3O2. The van der Waals surface area contributed by atoms with E-state index in [9.17, 15) is 4.79 Å². The number of benzene rings is 1. The molecule has 0 saturated carbocycles. The Morgan fingerprint density at radius 3 is 2.95 bits per heavy atom. The number of nitrogens with zero attached hydrogens (tertiary/aromatic N) is 2. The Morgan fingerprint density at radius 2 is 2.15 bits per heavy atom. The second-order valence-corrected chi connectivity index (χ2v) is 5.08. The molecule has 1 aliphatic rings. The zero-order valence-corrected chi connectivity index (χ0v) is 12.3. The van der Waals surface area contributed by atoms with Crippen LogP contribution in [-0.4, -0.2) is 57.8 Å². The van der Waals surface area contributed by atoms with E-state index in [1.165, 1.54) is 5.56 Å². The third kappa shape index (κ3) is 3.79. The van der Waals surface area contributed by atoms with Crippen LogP contribution < -0.4 is 10.2 Å². The summed E-state index contributed by atoms with van der Waals surface area (Å²) in [4.78, 5) is 16.5. The van der Waals surface area contributed by atoms with Gasteiger partial charge >= 0.3 is 0 Å². The maximum atomic E-state index is 12.4. The largest absolute Gasteiger partial charge is 0.383 e. The second kappa shape index (κ2) is 7.38. The predicted octanol–water partition coefficient (Wildman–Crippen LogP) is 0.701. The number of anilines is 1. The first-order valence-electron chi connectivity index (χ1n) is 6.99. The molecule has 1 amide bonds. The van der Waals surface area contributed by atoms with E-state index < -0.39 is 0 Å². The Balaban J connectivity index is 2.05. The van der Waals surface area contributed by atoms with Crippen molar-refractivity contribution in [2.75, 3.05) is 51.8 Å². The fraction of sp³-hybridized carbons (Fsp3) is 0.533. The van der Waals surface area contributed by atoms with Crippen LogP contribution in [0.2, 0.25) is 0 Å². The third-order valence-corrected chi connectivity index (χ3v) is 3.49. The van der Waals surface area contributed by atoms with Gasteiger partial charge in [0.05, 0.1) is 13.2 Å². The van der Waals surface area contributed by atoms with Crippen LogP contribution >= 0.6 is 0 Å². The van der Waals surface area contributed by atoms with E-state index in [1.54, 1.807) is 7.11 Å². The van der Waals surface area contributed by atoms with Gasteiger partial charge in [0.1, 0.15) is 0 Å². The molecule has 0 radical (unpaired) electrons. The molecule has 1 aromatic rings. The summed E-state index contributed by atoms with van der Waals surface area (Å²) in [6, 6.07) is 8.14. The van der Waals surface area contributed by atoms with E-state index in [-0.39, 0.29) is 5.91 Å². The van der Waals surface area contributed by atoms with Crippen LogP contribution in [0.3, 0.4) is 0 Å². The van der Waals surface area contributed by atoms with Crippen LogP contribution in [0.4, 0.5) is 5.69 Å². The molecule has 1 N–H and O–H groups in total. The smallest absolute Gasteiger partial charge is 0.240 e. The van der Waals surface area contributed by atoms with Gasteiger partial charge in [0, 0.05) is 39.0 Å². The Hall–Kier alpha value is -1.43. The Labute approximate surface area is 120 Å². The van der Waals surface area contributed by atoms with E-state index in [4.69, 9.17) is 4.74 Å². The molecule has 5 nitrogen and oxygen atoms in total. The maximum Gasteiger partial charge on any atom is 0.240 e. The normalized spacial score (nSPS) is 15.8. The van der Waals surface area contributed by atoms with Gasteiger partial charge < -0.3 is 19.9 Å². The summed E-state index contributed by atoms with van der Waals surface area (Å²) in [5.41, 5.74) is 2.24. The van der Waals surface area contributed by atoms with Crippen molar-refractivity contribution in [1.82, 2.24) is 10.2 Å². The van der Waals surface area contributed by atoms with Crippen molar-refractivity contribution >= 4 is 11.6 Å². The number of nitrogens with one attached hydrogen (secondary N) is 1.